The van der Waals surface area contributed by atoms with Crippen molar-refractivity contribution in [2.45, 2.75) is 13.8 Å². The summed E-state index contributed by atoms with van der Waals surface area (Å²) in [7, 11) is 0. The van der Waals surface area contributed by atoms with Crippen LogP contribution in [-0.4, -0.2) is 18.3 Å². The third-order valence-corrected chi connectivity index (χ3v) is 3.82. The van der Waals surface area contributed by atoms with Crippen molar-refractivity contribution in [2.24, 2.45) is 0 Å². The van der Waals surface area contributed by atoms with Gasteiger partial charge in [-0.15, -0.1) is 22.7 Å². The molecule has 0 fully saturated rings. The first-order chi connectivity index (χ1) is 8.24. The third-order valence-electron chi connectivity index (χ3n) is 1.27. The van der Waals surface area contributed by atoms with E-state index in [1.165, 1.54) is 2.88 Å². The molecule has 0 spiro atoms. The molecule has 0 unspecified atom stereocenters. The lowest BCUT2D eigenvalue weighted by Gasteiger charge is -1.93. The summed E-state index contributed by atoms with van der Waals surface area (Å²) in [5.41, 5.74) is 0. The maximum atomic E-state index is 7.57. The Bertz CT molecular complexity index is 333. The predicted octanol–water partition coefficient (Wildman–Crippen LogP) is 4.50. The number of hydrogen-bond donors (Lipinski definition) is 1. The zero-order valence-corrected chi connectivity index (χ0v) is 13.7. The average Bonchev–Trinajstić information content (AvgIpc) is 2.94. The Kier molecular flexibility index (Phi) is 12.3. The van der Waals surface area contributed by atoms with Gasteiger partial charge in [-0.25, -0.2) is 0 Å². The number of rotatable bonds is 2. The third kappa shape index (κ3) is 10.7. The number of halogens is 1. The van der Waals surface area contributed by atoms with E-state index in [0.717, 1.165) is 11.7 Å². The molecule has 0 aliphatic rings. The van der Waals surface area contributed by atoms with Gasteiger partial charge in [-0.05, 0) is 65.4 Å². The highest BCUT2D eigenvalue weighted by Gasteiger charge is 1.86. The molecule has 0 atom stereocenters. The van der Waals surface area contributed by atoms with Crippen LogP contribution in [0.25, 0.3) is 0 Å². The van der Waals surface area contributed by atoms with Gasteiger partial charge >= 0.3 is 0 Å². The lowest BCUT2D eigenvalue weighted by molar-refractivity contribution is 0.318. The fourth-order valence-electron chi connectivity index (χ4n) is 0.746. The van der Waals surface area contributed by atoms with Crippen LogP contribution in [0.4, 0.5) is 0 Å². The van der Waals surface area contributed by atoms with Crippen LogP contribution in [0.5, 0.6) is 5.06 Å². The molecule has 2 rings (SSSR count). The van der Waals surface area contributed by atoms with Crippen molar-refractivity contribution in [2.75, 3.05) is 13.2 Å². The summed E-state index contributed by atoms with van der Waals surface area (Å²) in [5.74, 6) is 0. The standard InChI is InChI=1S/C6H8OS.C4H3IS.C2H6O/c1-2-7-6-4-3-5-8-6;5-4-2-1-3-6-4;1-2-3/h3-5H,2H2,1H3;1-3H;3H,2H2,1H3. The van der Waals surface area contributed by atoms with Crippen molar-refractivity contribution >= 4 is 45.3 Å². The highest BCUT2D eigenvalue weighted by atomic mass is 127. The van der Waals surface area contributed by atoms with E-state index >= 15 is 0 Å². The Hall–Kier alpha value is -0.110. The van der Waals surface area contributed by atoms with Crippen LogP contribution in [0, 0.1) is 2.88 Å². The minimum atomic E-state index is 0.250. The molecule has 0 bridgehead atoms. The van der Waals surface area contributed by atoms with Crippen molar-refractivity contribution in [3.63, 3.8) is 0 Å². The van der Waals surface area contributed by atoms with E-state index in [4.69, 9.17) is 9.84 Å². The van der Waals surface area contributed by atoms with Crippen LogP contribution < -0.4 is 4.74 Å². The Morgan fingerprint density at radius 3 is 2.06 bits per heavy atom. The Balaban J connectivity index is 0.000000252. The molecule has 17 heavy (non-hydrogen) atoms. The molecular formula is C12H17IO2S2. The Morgan fingerprint density at radius 2 is 1.76 bits per heavy atom. The first-order valence-electron chi connectivity index (χ1n) is 5.20. The van der Waals surface area contributed by atoms with Gasteiger partial charge in [-0.3, -0.25) is 0 Å². The molecule has 0 radical (unpaired) electrons. The van der Waals surface area contributed by atoms with Crippen LogP contribution in [-0.2, 0) is 0 Å². The minimum Gasteiger partial charge on any atom is -0.484 e. The summed E-state index contributed by atoms with van der Waals surface area (Å²) >= 11 is 5.68. The summed E-state index contributed by atoms with van der Waals surface area (Å²) in [6.45, 7) is 4.68. The van der Waals surface area contributed by atoms with Crippen molar-refractivity contribution in [3.8, 4) is 5.06 Å². The summed E-state index contributed by atoms with van der Waals surface area (Å²) in [5, 5.41) is 12.7. The van der Waals surface area contributed by atoms with E-state index in [9.17, 15) is 0 Å². The lowest BCUT2D eigenvalue weighted by atomic mass is 10.6. The molecule has 0 saturated heterocycles. The van der Waals surface area contributed by atoms with Gasteiger partial charge < -0.3 is 9.84 Å². The van der Waals surface area contributed by atoms with Gasteiger partial charge in [0, 0.05) is 6.61 Å². The molecule has 0 amide bonds. The smallest absolute Gasteiger partial charge is 0.173 e. The Morgan fingerprint density at radius 1 is 1.18 bits per heavy atom. The van der Waals surface area contributed by atoms with Gasteiger partial charge in [0.25, 0.3) is 0 Å². The van der Waals surface area contributed by atoms with E-state index in [2.05, 4.69) is 34.0 Å². The largest absolute Gasteiger partial charge is 0.484 e. The van der Waals surface area contributed by atoms with Crippen molar-refractivity contribution < 1.29 is 9.84 Å². The van der Waals surface area contributed by atoms with Crippen molar-refractivity contribution in [3.05, 3.63) is 37.9 Å². The quantitative estimate of drug-likeness (QED) is 0.773. The summed E-state index contributed by atoms with van der Waals surface area (Å²) in [4.78, 5) is 0. The molecule has 5 heteroatoms. The number of aliphatic hydroxyl groups excluding tert-OH is 1. The van der Waals surface area contributed by atoms with E-state index in [1.807, 2.05) is 30.5 Å². The highest BCUT2D eigenvalue weighted by molar-refractivity contribution is 14.1. The SMILES string of the molecule is CCO.CCOc1cccs1.Ic1cccs1. The molecule has 2 heterocycles. The summed E-state index contributed by atoms with van der Waals surface area (Å²) in [6.07, 6.45) is 0. The number of aliphatic hydroxyl groups is 1. The van der Waals surface area contributed by atoms with Crippen LogP contribution in [0.3, 0.4) is 0 Å². The fourth-order valence-corrected chi connectivity index (χ4v) is 2.47. The topological polar surface area (TPSA) is 29.5 Å². The molecule has 0 saturated carbocycles. The molecule has 96 valence electrons. The van der Waals surface area contributed by atoms with Gasteiger partial charge in [0.2, 0.25) is 0 Å². The second-order valence-corrected chi connectivity index (χ2v) is 6.35. The van der Waals surface area contributed by atoms with E-state index < -0.39 is 0 Å². The monoisotopic (exact) mass is 384 g/mol. The van der Waals surface area contributed by atoms with Gasteiger partial charge in [0.05, 0.1) is 9.49 Å². The number of ether oxygens (including phenoxy) is 1. The average molecular weight is 384 g/mol. The van der Waals surface area contributed by atoms with Gasteiger partial charge in [-0.1, -0.05) is 6.07 Å². The molecule has 0 aliphatic heterocycles. The lowest BCUT2D eigenvalue weighted by Crippen LogP contribution is -1.86. The summed E-state index contributed by atoms with van der Waals surface area (Å²) in [6, 6.07) is 8.08. The molecular weight excluding hydrogens is 367 g/mol. The van der Waals surface area contributed by atoms with Crippen LogP contribution in [0.2, 0.25) is 0 Å². The number of thiophene rings is 2. The van der Waals surface area contributed by atoms with E-state index in [-0.39, 0.29) is 6.61 Å². The molecule has 1 N–H and O–H groups in total. The maximum absolute atomic E-state index is 7.57. The number of hydrogen-bond acceptors (Lipinski definition) is 4. The molecule has 2 nitrogen and oxygen atoms in total. The first kappa shape index (κ1) is 16.9. The first-order valence-corrected chi connectivity index (χ1v) is 8.04. The molecule has 2 aromatic rings. The second kappa shape index (κ2) is 12.3. The van der Waals surface area contributed by atoms with Crippen molar-refractivity contribution in [1.29, 1.82) is 0 Å². The normalized spacial score (nSPS) is 8.47. The fraction of sp³-hybridized carbons (Fsp3) is 0.333. The van der Waals surface area contributed by atoms with Gasteiger partial charge in [0.1, 0.15) is 0 Å². The summed E-state index contributed by atoms with van der Waals surface area (Å²) < 4.78 is 6.52. The molecule has 0 aliphatic carbocycles. The van der Waals surface area contributed by atoms with Crippen LogP contribution in [0.15, 0.2) is 35.0 Å². The highest BCUT2D eigenvalue weighted by Crippen LogP contribution is 2.17. The molecule has 2 aromatic heterocycles. The van der Waals surface area contributed by atoms with Gasteiger partial charge in [-0.2, -0.15) is 0 Å². The maximum Gasteiger partial charge on any atom is 0.173 e. The minimum absolute atomic E-state index is 0.250. The van der Waals surface area contributed by atoms with Gasteiger partial charge in [0.15, 0.2) is 5.06 Å². The predicted molar refractivity (Wildman–Crippen MR) is 85.3 cm³/mol. The van der Waals surface area contributed by atoms with Crippen LogP contribution >= 0.6 is 45.3 Å². The zero-order valence-electron chi connectivity index (χ0n) is 9.93. The van der Waals surface area contributed by atoms with E-state index in [0.29, 0.717) is 0 Å². The van der Waals surface area contributed by atoms with Crippen molar-refractivity contribution in [1.82, 2.24) is 0 Å². The molecule has 0 aromatic carbocycles. The zero-order chi connectivity index (χ0) is 12.9. The second-order valence-electron chi connectivity index (χ2n) is 2.60. The Labute approximate surface area is 124 Å². The van der Waals surface area contributed by atoms with E-state index in [1.54, 1.807) is 29.6 Å². The van der Waals surface area contributed by atoms with Crippen LogP contribution in [0.1, 0.15) is 13.8 Å².